The van der Waals surface area contributed by atoms with Gasteiger partial charge < -0.3 is 15.4 Å². The van der Waals surface area contributed by atoms with Crippen LogP contribution in [0.2, 0.25) is 0 Å². The van der Waals surface area contributed by atoms with Crippen LogP contribution in [0.1, 0.15) is 27.9 Å². The van der Waals surface area contributed by atoms with Gasteiger partial charge in [-0.15, -0.1) is 0 Å². The molecule has 0 aliphatic rings. The number of ether oxygens (including phenoxy) is 1. The fraction of sp³-hybridized carbons (Fsp3) is 0.263. The zero-order chi connectivity index (χ0) is 17.5. The van der Waals surface area contributed by atoms with E-state index in [-0.39, 0.29) is 5.91 Å². The SMILES string of the molecule is COC(=O)c1cccc(NC(=O)CCNc2cccc(C)c2C)c1. The molecule has 0 heterocycles. The van der Waals surface area contributed by atoms with Crippen LogP contribution in [0.4, 0.5) is 11.4 Å². The standard InChI is InChI=1S/C19H22N2O3/c1-13-6-4-9-17(14(13)2)20-11-10-18(22)21-16-8-5-7-15(12-16)19(23)24-3/h4-9,12,20H,10-11H2,1-3H3,(H,21,22). The second kappa shape index (κ2) is 8.15. The summed E-state index contributed by atoms with van der Waals surface area (Å²) in [6.07, 6.45) is 0.329. The maximum Gasteiger partial charge on any atom is 0.337 e. The van der Waals surface area contributed by atoms with Gasteiger partial charge in [-0.05, 0) is 49.2 Å². The maximum absolute atomic E-state index is 12.0. The molecule has 5 nitrogen and oxygen atoms in total. The Morgan fingerprint density at radius 3 is 2.58 bits per heavy atom. The van der Waals surface area contributed by atoms with Crippen molar-refractivity contribution in [2.75, 3.05) is 24.3 Å². The zero-order valence-corrected chi connectivity index (χ0v) is 14.2. The topological polar surface area (TPSA) is 67.4 Å². The summed E-state index contributed by atoms with van der Waals surface area (Å²) in [5.74, 6) is -0.544. The normalized spacial score (nSPS) is 10.1. The zero-order valence-electron chi connectivity index (χ0n) is 14.2. The first-order chi connectivity index (χ1) is 11.5. The van der Waals surface area contributed by atoms with E-state index in [1.165, 1.54) is 18.2 Å². The van der Waals surface area contributed by atoms with E-state index >= 15 is 0 Å². The Balaban J connectivity index is 1.87. The summed E-state index contributed by atoms with van der Waals surface area (Å²) in [6.45, 7) is 4.64. The highest BCUT2D eigenvalue weighted by molar-refractivity contribution is 5.94. The molecule has 0 aliphatic heterocycles. The third-order valence-electron chi connectivity index (χ3n) is 3.84. The molecular formula is C19H22N2O3. The molecule has 2 aromatic rings. The molecule has 2 rings (SSSR count). The second-order valence-corrected chi connectivity index (χ2v) is 5.54. The Kier molecular flexibility index (Phi) is 5.95. The smallest absolute Gasteiger partial charge is 0.337 e. The Labute approximate surface area is 142 Å². The molecule has 0 fully saturated rings. The van der Waals surface area contributed by atoms with E-state index in [0.29, 0.717) is 24.2 Å². The third-order valence-corrected chi connectivity index (χ3v) is 3.84. The number of rotatable bonds is 6. The average molecular weight is 326 g/mol. The molecule has 0 spiro atoms. The van der Waals surface area contributed by atoms with E-state index in [1.807, 2.05) is 12.1 Å². The lowest BCUT2D eigenvalue weighted by molar-refractivity contribution is -0.115. The Hall–Kier alpha value is -2.82. The lowest BCUT2D eigenvalue weighted by Crippen LogP contribution is -2.17. The highest BCUT2D eigenvalue weighted by Crippen LogP contribution is 2.18. The number of hydrogen-bond acceptors (Lipinski definition) is 4. The highest BCUT2D eigenvalue weighted by atomic mass is 16.5. The van der Waals surface area contributed by atoms with Crippen LogP contribution < -0.4 is 10.6 Å². The molecule has 0 aliphatic carbocycles. The molecule has 2 aromatic carbocycles. The van der Waals surface area contributed by atoms with Crippen LogP contribution in [0, 0.1) is 13.8 Å². The lowest BCUT2D eigenvalue weighted by Gasteiger charge is -2.11. The molecule has 0 atom stereocenters. The molecule has 0 bridgehead atoms. The molecule has 24 heavy (non-hydrogen) atoms. The van der Waals surface area contributed by atoms with Gasteiger partial charge in [0.05, 0.1) is 12.7 Å². The molecule has 0 saturated heterocycles. The molecule has 5 heteroatoms. The van der Waals surface area contributed by atoms with Crippen molar-refractivity contribution in [2.45, 2.75) is 20.3 Å². The molecule has 0 saturated carbocycles. The van der Waals surface area contributed by atoms with Crippen molar-refractivity contribution >= 4 is 23.3 Å². The average Bonchev–Trinajstić information content (AvgIpc) is 2.58. The fourth-order valence-corrected chi connectivity index (χ4v) is 2.32. The number of carbonyl (C=O) groups excluding carboxylic acids is 2. The van der Waals surface area contributed by atoms with E-state index in [9.17, 15) is 9.59 Å². The van der Waals surface area contributed by atoms with Crippen LogP contribution in [0.5, 0.6) is 0 Å². The maximum atomic E-state index is 12.0. The fourth-order valence-electron chi connectivity index (χ4n) is 2.32. The summed E-state index contributed by atoms with van der Waals surface area (Å²) in [5.41, 5.74) is 4.42. The van der Waals surface area contributed by atoms with Crippen LogP contribution in [0.3, 0.4) is 0 Å². The van der Waals surface area contributed by atoms with Gasteiger partial charge in [0.1, 0.15) is 0 Å². The number of carbonyl (C=O) groups is 2. The van der Waals surface area contributed by atoms with Gasteiger partial charge in [0, 0.05) is 24.3 Å². The van der Waals surface area contributed by atoms with Gasteiger partial charge in [-0.1, -0.05) is 18.2 Å². The molecule has 126 valence electrons. The van der Waals surface area contributed by atoms with Crippen molar-refractivity contribution in [2.24, 2.45) is 0 Å². The van der Waals surface area contributed by atoms with Crippen LogP contribution in [0.15, 0.2) is 42.5 Å². The molecule has 2 N–H and O–H groups in total. The van der Waals surface area contributed by atoms with Crippen LogP contribution in [-0.2, 0) is 9.53 Å². The van der Waals surface area contributed by atoms with Crippen molar-refractivity contribution in [1.29, 1.82) is 0 Å². The predicted molar refractivity (Wildman–Crippen MR) is 95.4 cm³/mol. The summed E-state index contributed by atoms with van der Waals surface area (Å²) in [5, 5.41) is 6.06. The summed E-state index contributed by atoms with van der Waals surface area (Å²) in [7, 11) is 1.33. The van der Waals surface area contributed by atoms with Crippen LogP contribution >= 0.6 is 0 Å². The number of amides is 1. The quantitative estimate of drug-likeness (QED) is 0.797. The highest BCUT2D eigenvalue weighted by Gasteiger charge is 2.08. The third kappa shape index (κ3) is 4.59. The van der Waals surface area contributed by atoms with Gasteiger partial charge in [0.2, 0.25) is 5.91 Å². The molecular weight excluding hydrogens is 304 g/mol. The second-order valence-electron chi connectivity index (χ2n) is 5.54. The molecule has 0 radical (unpaired) electrons. The first kappa shape index (κ1) is 17.5. The van der Waals surface area contributed by atoms with Crippen molar-refractivity contribution in [3.8, 4) is 0 Å². The first-order valence-electron chi connectivity index (χ1n) is 7.79. The molecule has 0 aromatic heterocycles. The number of nitrogens with one attached hydrogen (secondary N) is 2. The minimum absolute atomic E-state index is 0.116. The minimum Gasteiger partial charge on any atom is -0.465 e. The van der Waals surface area contributed by atoms with Gasteiger partial charge in [-0.25, -0.2) is 4.79 Å². The van der Waals surface area contributed by atoms with E-state index in [2.05, 4.69) is 35.3 Å². The van der Waals surface area contributed by atoms with Gasteiger partial charge in [-0.3, -0.25) is 4.79 Å². The number of benzene rings is 2. The minimum atomic E-state index is -0.428. The van der Waals surface area contributed by atoms with E-state index < -0.39 is 5.97 Å². The summed E-state index contributed by atoms with van der Waals surface area (Å²) in [6, 6.07) is 12.7. The van der Waals surface area contributed by atoms with E-state index in [4.69, 9.17) is 0 Å². The number of anilines is 2. The van der Waals surface area contributed by atoms with Crippen molar-refractivity contribution in [3.05, 3.63) is 59.2 Å². The van der Waals surface area contributed by atoms with Gasteiger partial charge in [0.25, 0.3) is 0 Å². The van der Waals surface area contributed by atoms with Crippen molar-refractivity contribution in [1.82, 2.24) is 0 Å². The van der Waals surface area contributed by atoms with Gasteiger partial charge in [-0.2, -0.15) is 0 Å². The van der Waals surface area contributed by atoms with Crippen molar-refractivity contribution < 1.29 is 14.3 Å². The Morgan fingerprint density at radius 2 is 1.83 bits per heavy atom. The van der Waals surface area contributed by atoms with Gasteiger partial charge >= 0.3 is 5.97 Å². The van der Waals surface area contributed by atoms with Crippen LogP contribution in [0.25, 0.3) is 0 Å². The molecule has 1 amide bonds. The monoisotopic (exact) mass is 326 g/mol. The lowest BCUT2D eigenvalue weighted by atomic mass is 10.1. The van der Waals surface area contributed by atoms with Crippen molar-refractivity contribution in [3.63, 3.8) is 0 Å². The summed E-state index contributed by atoms with van der Waals surface area (Å²) in [4.78, 5) is 23.5. The number of methoxy groups -OCH3 is 1. The number of esters is 1. The first-order valence-corrected chi connectivity index (χ1v) is 7.79. The number of aryl methyl sites for hydroxylation is 1. The molecule has 0 unspecified atom stereocenters. The summed E-state index contributed by atoms with van der Waals surface area (Å²) < 4.78 is 4.67. The Morgan fingerprint density at radius 1 is 1.08 bits per heavy atom. The van der Waals surface area contributed by atoms with E-state index in [0.717, 1.165) is 5.69 Å². The number of hydrogen-bond donors (Lipinski definition) is 2. The largest absolute Gasteiger partial charge is 0.465 e. The predicted octanol–water partition coefficient (Wildman–Crippen LogP) is 3.53. The van der Waals surface area contributed by atoms with Crippen LogP contribution in [-0.4, -0.2) is 25.5 Å². The van der Waals surface area contributed by atoms with E-state index in [1.54, 1.807) is 24.3 Å². The summed E-state index contributed by atoms with van der Waals surface area (Å²) >= 11 is 0. The van der Waals surface area contributed by atoms with Gasteiger partial charge in [0.15, 0.2) is 0 Å². The Bertz CT molecular complexity index is 741.